The van der Waals surface area contributed by atoms with Gasteiger partial charge in [-0.05, 0) is 162 Å². The number of rotatable bonds is 3. The van der Waals surface area contributed by atoms with Crippen LogP contribution in [0.15, 0.2) is 139 Å². The van der Waals surface area contributed by atoms with Gasteiger partial charge in [-0.15, -0.1) is 0 Å². The van der Waals surface area contributed by atoms with Gasteiger partial charge >= 0.3 is 0 Å². The summed E-state index contributed by atoms with van der Waals surface area (Å²) < 4.78 is 4.78. The number of aliphatic imine (C=N–C) groups is 1. The molecule has 0 fully saturated rings. The molecular weight excluding hydrogens is 669 g/mol. The first kappa shape index (κ1) is 32.0. The molecule has 11 rings (SSSR count). The monoisotopic (exact) mass is 708 g/mol. The Bertz CT molecular complexity index is 3150. The molecule has 4 heterocycles. The lowest BCUT2D eigenvalue weighted by Crippen LogP contribution is -2.09. The Hall–Kier alpha value is -6.52. The normalized spacial score (nSPS) is 13.6. The van der Waals surface area contributed by atoms with Crippen LogP contribution in [0.5, 0.6) is 0 Å². The predicted octanol–water partition coefficient (Wildman–Crippen LogP) is 12.4. The summed E-state index contributed by atoms with van der Waals surface area (Å²) in [6.07, 6.45) is 8.16. The third-order valence-corrected chi connectivity index (χ3v) is 12.4. The van der Waals surface area contributed by atoms with Crippen molar-refractivity contribution >= 4 is 49.4 Å². The largest absolute Gasteiger partial charge is 0.294 e. The number of aryl methyl sites for hydroxylation is 6. The van der Waals surface area contributed by atoms with E-state index in [2.05, 4.69) is 158 Å². The Morgan fingerprint density at radius 2 is 1.16 bits per heavy atom. The van der Waals surface area contributed by atoms with Gasteiger partial charge in [-0.25, -0.2) is 4.98 Å². The zero-order valence-electron chi connectivity index (χ0n) is 31.6. The number of hydrogen-bond acceptors (Lipinski definition) is 2. The molecule has 1 aliphatic heterocycles. The van der Waals surface area contributed by atoms with Gasteiger partial charge in [-0.3, -0.25) is 14.1 Å². The van der Waals surface area contributed by atoms with Crippen LogP contribution in [0.2, 0.25) is 0 Å². The maximum Gasteiger partial charge on any atom is 0.137 e. The predicted molar refractivity (Wildman–Crippen MR) is 231 cm³/mol. The number of hydrogen-bond donors (Lipinski definition) is 0. The lowest BCUT2D eigenvalue weighted by atomic mass is 9.83. The minimum Gasteiger partial charge on any atom is -0.294 e. The van der Waals surface area contributed by atoms with Gasteiger partial charge in [0.05, 0.1) is 28.6 Å². The second-order valence-corrected chi connectivity index (χ2v) is 15.5. The van der Waals surface area contributed by atoms with Crippen LogP contribution in [-0.2, 0) is 12.8 Å². The van der Waals surface area contributed by atoms with E-state index in [1.54, 1.807) is 0 Å². The highest BCUT2D eigenvalue weighted by molar-refractivity contribution is 6.19. The van der Waals surface area contributed by atoms with E-state index in [0.717, 1.165) is 24.5 Å². The van der Waals surface area contributed by atoms with Gasteiger partial charge in [0.2, 0.25) is 0 Å². The van der Waals surface area contributed by atoms with Gasteiger partial charge in [0.15, 0.2) is 0 Å². The highest BCUT2D eigenvalue weighted by Gasteiger charge is 2.26. The topological polar surface area (TPSA) is 35.1 Å². The average Bonchev–Trinajstić information content (AvgIpc) is 3.94. The molecular formula is C51H40N4. The van der Waals surface area contributed by atoms with Crippen LogP contribution in [-0.4, -0.2) is 26.5 Å². The molecule has 6 aromatic carbocycles. The van der Waals surface area contributed by atoms with Gasteiger partial charge in [0.1, 0.15) is 11.7 Å². The Morgan fingerprint density at radius 3 is 1.82 bits per heavy atom. The number of allylic oxidation sites excluding steroid dienone is 1. The summed E-state index contributed by atoms with van der Waals surface area (Å²) in [6.45, 7) is 9.47. The van der Waals surface area contributed by atoms with E-state index in [4.69, 9.17) is 9.98 Å². The average molecular weight is 709 g/mol. The lowest BCUT2D eigenvalue weighted by molar-refractivity contribution is 0.941. The molecule has 4 nitrogen and oxygen atoms in total. The van der Waals surface area contributed by atoms with Crippen LogP contribution in [0.4, 0.5) is 0 Å². The van der Waals surface area contributed by atoms with Crippen LogP contribution in [0, 0.1) is 27.7 Å². The quantitative estimate of drug-likeness (QED) is 0.180. The fourth-order valence-corrected chi connectivity index (χ4v) is 9.18. The first-order valence-electron chi connectivity index (χ1n) is 19.4. The second kappa shape index (κ2) is 12.0. The van der Waals surface area contributed by atoms with Gasteiger partial charge in [0, 0.05) is 27.7 Å². The van der Waals surface area contributed by atoms with Crippen LogP contribution >= 0.6 is 0 Å². The van der Waals surface area contributed by atoms with Crippen LogP contribution in [0.3, 0.4) is 0 Å². The van der Waals surface area contributed by atoms with Crippen molar-refractivity contribution in [2.75, 3.05) is 6.54 Å². The molecule has 9 aromatic rings. The first-order chi connectivity index (χ1) is 26.9. The van der Waals surface area contributed by atoms with Gasteiger partial charge in [0.25, 0.3) is 0 Å². The molecule has 2 aliphatic rings. The molecule has 0 amide bonds. The summed E-state index contributed by atoms with van der Waals surface area (Å²) in [6, 6.07) is 43.4. The summed E-state index contributed by atoms with van der Waals surface area (Å²) >= 11 is 0. The smallest absolute Gasteiger partial charge is 0.137 e. The molecule has 0 saturated carbocycles. The summed E-state index contributed by atoms with van der Waals surface area (Å²) in [5, 5.41) is 5.08. The van der Waals surface area contributed by atoms with Gasteiger partial charge < -0.3 is 0 Å². The molecule has 0 radical (unpaired) electrons. The van der Waals surface area contributed by atoms with Crippen LogP contribution in [0.25, 0.3) is 82.8 Å². The van der Waals surface area contributed by atoms with E-state index in [1.165, 1.54) is 110 Å². The number of nitrogens with zero attached hydrogens (tertiary/aromatic N) is 4. The Morgan fingerprint density at radius 1 is 0.509 bits per heavy atom. The third kappa shape index (κ3) is 4.84. The number of fused-ring (bicyclic) bond motifs is 10. The molecule has 264 valence electrons. The standard InChI is InChI=1S/C51H40N4/c1-30-10-12-34(24-32(30)3)36-16-21-47-43(26-36)41-19-18-39-40(51(41)55(47)50-8-5-6-22-52-50)17-14-38-28-45-44-27-37(35-13-11-31(2)33(4)25-35)15-20-46(44)54(48(45)29-42(38)39)49-9-7-23-53-49/h5-13,15-16,18-22,24-29H,14,17,23H2,1-4H3. The van der Waals surface area contributed by atoms with Crippen molar-refractivity contribution in [3.8, 4) is 39.2 Å². The van der Waals surface area contributed by atoms with E-state index in [9.17, 15) is 0 Å². The zero-order valence-corrected chi connectivity index (χ0v) is 31.6. The van der Waals surface area contributed by atoms with Crippen molar-refractivity contribution in [1.29, 1.82) is 0 Å². The van der Waals surface area contributed by atoms with Crippen molar-refractivity contribution in [3.05, 3.63) is 167 Å². The van der Waals surface area contributed by atoms with Crippen molar-refractivity contribution in [2.24, 2.45) is 4.99 Å². The molecule has 0 unspecified atom stereocenters. The summed E-state index contributed by atoms with van der Waals surface area (Å²) in [5.41, 5.74) is 20.5. The van der Waals surface area contributed by atoms with Crippen LogP contribution in [0.1, 0.15) is 33.4 Å². The van der Waals surface area contributed by atoms with E-state index in [0.29, 0.717) is 6.54 Å². The molecule has 0 saturated heterocycles. The lowest BCUT2D eigenvalue weighted by Gasteiger charge is -2.22. The molecule has 0 bridgehead atoms. The van der Waals surface area contributed by atoms with E-state index in [-0.39, 0.29) is 0 Å². The number of benzene rings is 6. The Labute approximate surface area is 320 Å². The highest BCUT2D eigenvalue weighted by Crippen LogP contribution is 2.45. The fourth-order valence-electron chi connectivity index (χ4n) is 9.18. The van der Waals surface area contributed by atoms with E-state index in [1.807, 2.05) is 12.3 Å². The molecule has 0 atom stereocenters. The number of aromatic nitrogens is 3. The van der Waals surface area contributed by atoms with Crippen molar-refractivity contribution in [1.82, 2.24) is 14.1 Å². The minimum atomic E-state index is 0.715. The van der Waals surface area contributed by atoms with E-state index >= 15 is 0 Å². The maximum absolute atomic E-state index is 4.94. The van der Waals surface area contributed by atoms with Crippen molar-refractivity contribution < 1.29 is 0 Å². The Balaban J connectivity index is 1.15. The fraction of sp³-hybridized carbons (Fsp3) is 0.137. The maximum atomic E-state index is 4.94. The minimum absolute atomic E-state index is 0.715. The Kier molecular flexibility index (Phi) is 6.97. The molecule has 55 heavy (non-hydrogen) atoms. The molecule has 0 N–H and O–H groups in total. The highest BCUT2D eigenvalue weighted by atomic mass is 15.1. The first-order valence-corrected chi connectivity index (χ1v) is 19.4. The third-order valence-electron chi connectivity index (χ3n) is 12.4. The number of pyridine rings is 1. The van der Waals surface area contributed by atoms with Crippen molar-refractivity contribution in [2.45, 2.75) is 40.5 Å². The molecule has 3 aromatic heterocycles. The molecule has 0 spiro atoms. The van der Waals surface area contributed by atoms with Gasteiger partial charge in [-0.1, -0.05) is 72.8 Å². The van der Waals surface area contributed by atoms with Crippen LogP contribution < -0.4 is 0 Å². The second-order valence-electron chi connectivity index (χ2n) is 15.5. The summed E-state index contributed by atoms with van der Waals surface area (Å²) in [7, 11) is 0. The van der Waals surface area contributed by atoms with E-state index < -0.39 is 0 Å². The SMILES string of the molecule is Cc1ccc(-c2ccc3c(c2)c2cc4c(cc2n3C2=NCC=C2)-c2ccc3c5cc(-c6ccc(C)c(C)c6)ccc5n(-c5ccccn5)c3c2CC4)cc1C. The van der Waals surface area contributed by atoms with Crippen molar-refractivity contribution in [3.63, 3.8) is 0 Å². The summed E-state index contributed by atoms with van der Waals surface area (Å²) in [5.74, 6) is 1.95. The summed E-state index contributed by atoms with van der Waals surface area (Å²) in [4.78, 5) is 9.86. The molecule has 4 heteroatoms. The zero-order chi connectivity index (χ0) is 36.9. The van der Waals surface area contributed by atoms with Gasteiger partial charge in [-0.2, -0.15) is 0 Å². The molecule has 1 aliphatic carbocycles.